The summed E-state index contributed by atoms with van der Waals surface area (Å²) in [5.41, 5.74) is 3.34. The Morgan fingerprint density at radius 3 is 2.42 bits per heavy atom. The molecule has 0 bridgehead atoms. The third-order valence-electron chi connectivity index (χ3n) is 5.43. The summed E-state index contributed by atoms with van der Waals surface area (Å²) in [6.07, 6.45) is 2.80. The zero-order valence-corrected chi connectivity index (χ0v) is 17.9. The van der Waals surface area contributed by atoms with Crippen LogP contribution in [0.4, 0.5) is 0 Å². The average molecular weight is 422 g/mol. The molecule has 1 atom stereocenters. The summed E-state index contributed by atoms with van der Waals surface area (Å²) in [5, 5.41) is 11.5. The standard InChI is InChI=1S/C23H27N5O3/c1-3-30-21-13-18-10-11-27(15-19(18)14-22(21)31-4-2)23(29)20(28-16-24-25-26-28)12-17-8-6-5-7-9-17/h5-9,13-14,16,20H,3-4,10-12,15H2,1-2H3. The Bertz CT molecular complexity index is 1010. The number of amides is 1. The SMILES string of the molecule is CCOc1cc2c(cc1OCC)CN(C(=O)C(Cc1ccccc1)n1cnnn1)CC2. The zero-order chi connectivity index (χ0) is 21.6. The smallest absolute Gasteiger partial charge is 0.248 e. The third-order valence-corrected chi connectivity index (χ3v) is 5.43. The molecule has 2 aromatic carbocycles. The van der Waals surface area contributed by atoms with Gasteiger partial charge in [-0.25, -0.2) is 4.68 Å². The Kier molecular flexibility index (Phi) is 6.45. The minimum absolute atomic E-state index is 0.00801. The van der Waals surface area contributed by atoms with Gasteiger partial charge in [-0.1, -0.05) is 30.3 Å². The van der Waals surface area contributed by atoms with Crippen molar-refractivity contribution in [2.45, 2.75) is 39.3 Å². The molecule has 0 saturated carbocycles. The number of nitrogens with zero attached hydrogens (tertiary/aromatic N) is 5. The van der Waals surface area contributed by atoms with E-state index in [1.165, 1.54) is 11.9 Å². The zero-order valence-electron chi connectivity index (χ0n) is 17.9. The van der Waals surface area contributed by atoms with Crippen LogP contribution in [0.25, 0.3) is 0 Å². The summed E-state index contributed by atoms with van der Waals surface area (Å²) in [6, 6.07) is 13.5. The van der Waals surface area contributed by atoms with Gasteiger partial charge in [-0.3, -0.25) is 4.79 Å². The van der Waals surface area contributed by atoms with E-state index in [1.54, 1.807) is 4.68 Å². The van der Waals surface area contributed by atoms with E-state index in [1.807, 2.05) is 55.1 Å². The van der Waals surface area contributed by atoms with E-state index in [2.05, 4.69) is 21.6 Å². The maximum atomic E-state index is 13.5. The molecule has 1 aliphatic rings. The maximum Gasteiger partial charge on any atom is 0.248 e. The fourth-order valence-corrected chi connectivity index (χ4v) is 3.94. The number of ether oxygens (including phenoxy) is 2. The summed E-state index contributed by atoms with van der Waals surface area (Å²) in [6.45, 7) is 6.20. The number of fused-ring (bicyclic) bond motifs is 1. The molecule has 8 heteroatoms. The highest BCUT2D eigenvalue weighted by atomic mass is 16.5. The summed E-state index contributed by atoms with van der Waals surface area (Å²) >= 11 is 0. The summed E-state index contributed by atoms with van der Waals surface area (Å²) in [7, 11) is 0. The van der Waals surface area contributed by atoms with Gasteiger partial charge >= 0.3 is 0 Å². The molecule has 1 aromatic heterocycles. The monoisotopic (exact) mass is 421 g/mol. The third kappa shape index (κ3) is 4.68. The molecule has 0 fully saturated rings. The number of carbonyl (C=O) groups excluding carboxylic acids is 1. The number of hydrogen-bond acceptors (Lipinski definition) is 6. The van der Waals surface area contributed by atoms with Crippen LogP contribution in [0.15, 0.2) is 48.8 Å². The van der Waals surface area contributed by atoms with Crippen LogP contribution >= 0.6 is 0 Å². The van der Waals surface area contributed by atoms with Crippen molar-refractivity contribution in [3.8, 4) is 11.5 Å². The lowest BCUT2D eigenvalue weighted by molar-refractivity contribution is -0.136. The van der Waals surface area contributed by atoms with Gasteiger partial charge in [-0.2, -0.15) is 0 Å². The van der Waals surface area contributed by atoms with Crippen molar-refractivity contribution < 1.29 is 14.3 Å². The van der Waals surface area contributed by atoms with Crippen LogP contribution in [0.5, 0.6) is 11.5 Å². The molecule has 1 unspecified atom stereocenters. The Morgan fingerprint density at radius 2 is 1.77 bits per heavy atom. The molecule has 162 valence electrons. The molecule has 0 saturated heterocycles. The molecule has 0 radical (unpaired) electrons. The predicted molar refractivity (Wildman–Crippen MR) is 115 cm³/mol. The topological polar surface area (TPSA) is 82.4 Å². The second kappa shape index (κ2) is 9.59. The van der Waals surface area contributed by atoms with E-state index in [0.717, 1.165) is 29.0 Å². The van der Waals surface area contributed by atoms with Crippen molar-refractivity contribution in [3.63, 3.8) is 0 Å². The van der Waals surface area contributed by atoms with Gasteiger partial charge in [0.1, 0.15) is 12.4 Å². The highest BCUT2D eigenvalue weighted by molar-refractivity contribution is 5.81. The van der Waals surface area contributed by atoms with Crippen LogP contribution in [0.2, 0.25) is 0 Å². The molecule has 4 rings (SSSR count). The second-order valence-electron chi connectivity index (χ2n) is 7.44. The molecule has 3 aromatic rings. The molecule has 31 heavy (non-hydrogen) atoms. The maximum absolute atomic E-state index is 13.5. The minimum Gasteiger partial charge on any atom is -0.490 e. The molecule has 8 nitrogen and oxygen atoms in total. The Labute approximate surface area is 181 Å². The summed E-state index contributed by atoms with van der Waals surface area (Å²) in [5.74, 6) is 1.49. The first-order valence-corrected chi connectivity index (χ1v) is 10.7. The van der Waals surface area contributed by atoms with Gasteiger partial charge in [0.05, 0.1) is 13.2 Å². The highest BCUT2D eigenvalue weighted by Crippen LogP contribution is 2.34. The molecular weight excluding hydrogens is 394 g/mol. The van der Waals surface area contributed by atoms with E-state index >= 15 is 0 Å². The fraction of sp³-hybridized carbons (Fsp3) is 0.391. The van der Waals surface area contributed by atoms with Crippen molar-refractivity contribution in [2.24, 2.45) is 0 Å². The average Bonchev–Trinajstić information content (AvgIpc) is 3.33. The molecule has 0 spiro atoms. The van der Waals surface area contributed by atoms with Gasteiger partial charge in [-0.15, -0.1) is 5.10 Å². The first kappa shape index (κ1) is 20.8. The molecular formula is C23H27N5O3. The van der Waals surface area contributed by atoms with Gasteiger partial charge in [0, 0.05) is 19.5 Å². The van der Waals surface area contributed by atoms with Crippen molar-refractivity contribution in [1.82, 2.24) is 25.1 Å². The highest BCUT2D eigenvalue weighted by Gasteiger charge is 2.30. The van der Waals surface area contributed by atoms with Crippen LogP contribution in [-0.4, -0.2) is 50.8 Å². The van der Waals surface area contributed by atoms with Gasteiger partial charge in [0.2, 0.25) is 5.91 Å². The first-order chi connectivity index (χ1) is 15.2. The van der Waals surface area contributed by atoms with Crippen molar-refractivity contribution in [2.75, 3.05) is 19.8 Å². The van der Waals surface area contributed by atoms with Gasteiger partial charge in [-0.05, 0) is 59.5 Å². The number of rotatable bonds is 8. The van der Waals surface area contributed by atoms with Crippen molar-refractivity contribution >= 4 is 5.91 Å². The van der Waals surface area contributed by atoms with Crippen LogP contribution in [0.3, 0.4) is 0 Å². The molecule has 0 N–H and O–H groups in total. The van der Waals surface area contributed by atoms with E-state index in [-0.39, 0.29) is 5.91 Å². The van der Waals surface area contributed by atoms with E-state index in [9.17, 15) is 4.79 Å². The summed E-state index contributed by atoms with van der Waals surface area (Å²) < 4.78 is 13.1. The van der Waals surface area contributed by atoms with Crippen LogP contribution in [0.1, 0.15) is 36.6 Å². The lowest BCUT2D eigenvalue weighted by Crippen LogP contribution is -2.41. The molecule has 2 heterocycles. The van der Waals surface area contributed by atoms with Crippen LogP contribution < -0.4 is 9.47 Å². The largest absolute Gasteiger partial charge is 0.490 e. The normalized spacial score (nSPS) is 14.1. The van der Waals surface area contributed by atoms with E-state index in [0.29, 0.717) is 32.7 Å². The number of carbonyl (C=O) groups is 1. The van der Waals surface area contributed by atoms with Gasteiger partial charge in [0.25, 0.3) is 0 Å². The first-order valence-electron chi connectivity index (χ1n) is 10.7. The second-order valence-corrected chi connectivity index (χ2v) is 7.44. The van der Waals surface area contributed by atoms with Crippen molar-refractivity contribution in [3.05, 3.63) is 65.5 Å². The van der Waals surface area contributed by atoms with Gasteiger partial charge < -0.3 is 14.4 Å². The van der Waals surface area contributed by atoms with E-state index in [4.69, 9.17) is 9.47 Å². The van der Waals surface area contributed by atoms with E-state index < -0.39 is 6.04 Å². The lowest BCUT2D eigenvalue weighted by Gasteiger charge is -2.32. The summed E-state index contributed by atoms with van der Waals surface area (Å²) in [4.78, 5) is 15.4. The number of benzene rings is 2. The fourth-order valence-electron chi connectivity index (χ4n) is 3.94. The molecule has 0 aliphatic carbocycles. The number of hydrogen-bond donors (Lipinski definition) is 0. The Morgan fingerprint density at radius 1 is 1.06 bits per heavy atom. The van der Waals surface area contributed by atoms with Crippen molar-refractivity contribution in [1.29, 1.82) is 0 Å². The van der Waals surface area contributed by atoms with Crippen LogP contribution in [-0.2, 0) is 24.2 Å². The molecule has 1 amide bonds. The number of aromatic nitrogens is 4. The predicted octanol–water partition coefficient (Wildman–Crippen LogP) is 2.84. The number of tetrazole rings is 1. The Hall–Kier alpha value is -3.42. The minimum atomic E-state index is -0.493. The van der Waals surface area contributed by atoms with Crippen LogP contribution in [0, 0.1) is 0 Å². The molecule has 1 aliphatic heterocycles. The van der Waals surface area contributed by atoms with Gasteiger partial charge in [0.15, 0.2) is 11.5 Å². The quantitative estimate of drug-likeness (QED) is 0.556. The lowest BCUT2D eigenvalue weighted by atomic mass is 9.97. The Balaban J connectivity index is 1.58.